The molecule has 0 amide bonds. The molecule has 0 bridgehead atoms. The lowest BCUT2D eigenvalue weighted by atomic mass is 10.1. The van der Waals surface area contributed by atoms with Gasteiger partial charge in [0.1, 0.15) is 12.0 Å². The SMILES string of the molecule is Cn1cnnc1-c1cccc(N2C=CC(c3cnc4ccccn34)=CC2)c1. The topological polar surface area (TPSA) is 51.2 Å². The number of hydrogen-bond donors (Lipinski definition) is 0. The molecule has 0 N–H and O–H groups in total. The maximum atomic E-state index is 4.48. The predicted molar refractivity (Wildman–Crippen MR) is 106 cm³/mol. The molecule has 0 saturated heterocycles. The molecule has 6 nitrogen and oxygen atoms in total. The second-order valence-electron chi connectivity index (χ2n) is 6.52. The van der Waals surface area contributed by atoms with E-state index in [1.807, 2.05) is 42.2 Å². The smallest absolute Gasteiger partial charge is 0.163 e. The van der Waals surface area contributed by atoms with Gasteiger partial charge < -0.3 is 9.47 Å². The van der Waals surface area contributed by atoms with Crippen molar-refractivity contribution >= 4 is 16.9 Å². The molecule has 1 aliphatic rings. The van der Waals surface area contributed by atoms with Gasteiger partial charge in [-0.15, -0.1) is 10.2 Å². The second-order valence-corrected chi connectivity index (χ2v) is 6.52. The lowest BCUT2D eigenvalue weighted by Gasteiger charge is -2.23. The number of benzene rings is 1. The molecule has 0 fully saturated rings. The van der Waals surface area contributed by atoms with Gasteiger partial charge in [-0.05, 0) is 35.9 Å². The average molecular weight is 354 g/mol. The first kappa shape index (κ1) is 15.6. The average Bonchev–Trinajstić information content (AvgIpc) is 3.34. The van der Waals surface area contributed by atoms with Gasteiger partial charge in [0.15, 0.2) is 5.82 Å². The molecule has 1 aliphatic heterocycles. The minimum absolute atomic E-state index is 0.800. The number of allylic oxidation sites excluding steroid dienone is 2. The quantitative estimate of drug-likeness (QED) is 0.565. The normalized spacial score (nSPS) is 14.0. The third-order valence-electron chi connectivity index (χ3n) is 4.80. The van der Waals surface area contributed by atoms with Gasteiger partial charge in [-0.2, -0.15) is 0 Å². The predicted octanol–water partition coefficient (Wildman–Crippen LogP) is 3.55. The summed E-state index contributed by atoms with van der Waals surface area (Å²) in [6.45, 7) is 0.800. The van der Waals surface area contributed by atoms with Crippen LogP contribution in [0.1, 0.15) is 5.69 Å². The summed E-state index contributed by atoms with van der Waals surface area (Å²) in [6, 6.07) is 14.4. The highest BCUT2D eigenvalue weighted by Gasteiger charge is 2.13. The summed E-state index contributed by atoms with van der Waals surface area (Å²) < 4.78 is 4.04. The zero-order valence-corrected chi connectivity index (χ0v) is 14.9. The molecule has 5 rings (SSSR count). The first-order chi connectivity index (χ1) is 13.3. The maximum absolute atomic E-state index is 4.48. The monoisotopic (exact) mass is 354 g/mol. The van der Waals surface area contributed by atoms with Gasteiger partial charge in [-0.25, -0.2) is 4.98 Å². The van der Waals surface area contributed by atoms with Crippen molar-refractivity contribution in [1.29, 1.82) is 0 Å². The van der Waals surface area contributed by atoms with Gasteiger partial charge in [0.05, 0.1) is 11.9 Å². The van der Waals surface area contributed by atoms with Gasteiger partial charge in [0.2, 0.25) is 0 Å². The molecule has 27 heavy (non-hydrogen) atoms. The van der Waals surface area contributed by atoms with E-state index in [0.29, 0.717) is 0 Å². The van der Waals surface area contributed by atoms with Crippen molar-refractivity contribution in [3.05, 3.63) is 85.2 Å². The third-order valence-corrected chi connectivity index (χ3v) is 4.80. The molecule has 4 heterocycles. The summed E-state index contributed by atoms with van der Waals surface area (Å²) in [4.78, 5) is 6.69. The number of aryl methyl sites for hydroxylation is 1. The Morgan fingerprint density at radius 2 is 2.04 bits per heavy atom. The van der Waals surface area contributed by atoms with Crippen LogP contribution >= 0.6 is 0 Å². The number of fused-ring (bicyclic) bond motifs is 1. The Hall–Kier alpha value is -3.67. The van der Waals surface area contributed by atoms with E-state index in [1.165, 1.54) is 5.57 Å². The van der Waals surface area contributed by atoms with Crippen LogP contribution in [0.5, 0.6) is 0 Å². The Balaban J connectivity index is 1.42. The van der Waals surface area contributed by atoms with Crippen LogP contribution in [-0.4, -0.2) is 30.7 Å². The lowest BCUT2D eigenvalue weighted by Crippen LogP contribution is -2.18. The molecule has 0 saturated carbocycles. The van der Waals surface area contributed by atoms with E-state index in [0.717, 1.165) is 35.0 Å². The lowest BCUT2D eigenvalue weighted by molar-refractivity contribution is 0.919. The number of aromatic nitrogens is 5. The number of anilines is 1. The van der Waals surface area contributed by atoms with Crippen LogP contribution in [0, 0.1) is 0 Å². The number of rotatable bonds is 3. The van der Waals surface area contributed by atoms with E-state index >= 15 is 0 Å². The fourth-order valence-electron chi connectivity index (χ4n) is 3.39. The number of pyridine rings is 1. The first-order valence-electron chi connectivity index (χ1n) is 8.81. The van der Waals surface area contributed by atoms with Gasteiger partial charge >= 0.3 is 0 Å². The first-order valence-corrected chi connectivity index (χ1v) is 8.81. The zero-order valence-electron chi connectivity index (χ0n) is 14.9. The molecule has 4 aromatic rings. The van der Waals surface area contributed by atoms with Crippen LogP contribution < -0.4 is 4.90 Å². The third kappa shape index (κ3) is 2.71. The highest BCUT2D eigenvalue weighted by molar-refractivity contribution is 5.77. The molecule has 3 aromatic heterocycles. The molecule has 0 atom stereocenters. The maximum Gasteiger partial charge on any atom is 0.163 e. The Morgan fingerprint density at radius 1 is 1.07 bits per heavy atom. The van der Waals surface area contributed by atoms with Gasteiger partial charge in [0.25, 0.3) is 0 Å². The van der Waals surface area contributed by atoms with Gasteiger partial charge in [-0.1, -0.05) is 24.3 Å². The summed E-state index contributed by atoms with van der Waals surface area (Å²) in [6.07, 6.45) is 12.2. The summed E-state index contributed by atoms with van der Waals surface area (Å²) in [5, 5.41) is 8.17. The van der Waals surface area contributed by atoms with Crippen LogP contribution in [0.3, 0.4) is 0 Å². The second kappa shape index (κ2) is 6.25. The van der Waals surface area contributed by atoms with Crippen molar-refractivity contribution in [3.8, 4) is 11.4 Å². The zero-order chi connectivity index (χ0) is 18.2. The Bertz CT molecular complexity index is 1180. The summed E-state index contributed by atoms with van der Waals surface area (Å²) in [5.41, 5.74) is 5.42. The molecule has 6 heteroatoms. The van der Waals surface area contributed by atoms with E-state index in [4.69, 9.17) is 0 Å². The molecule has 1 aromatic carbocycles. The van der Waals surface area contributed by atoms with Crippen LogP contribution in [0.25, 0.3) is 22.6 Å². The highest BCUT2D eigenvalue weighted by atomic mass is 15.2. The minimum Gasteiger partial charge on any atom is -0.344 e. The Labute approximate surface area is 156 Å². The summed E-state index contributed by atoms with van der Waals surface area (Å²) in [7, 11) is 1.95. The summed E-state index contributed by atoms with van der Waals surface area (Å²) >= 11 is 0. The molecule has 0 aliphatic carbocycles. The fraction of sp³-hybridized carbons (Fsp3) is 0.0952. The van der Waals surface area contributed by atoms with E-state index in [1.54, 1.807) is 6.33 Å². The van der Waals surface area contributed by atoms with E-state index < -0.39 is 0 Å². The molecule has 132 valence electrons. The highest BCUT2D eigenvalue weighted by Crippen LogP contribution is 2.27. The molecule has 0 spiro atoms. The molecule has 0 unspecified atom stereocenters. The number of imidazole rings is 1. The fourth-order valence-corrected chi connectivity index (χ4v) is 3.39. The van der Waals surface area contributed by atoms with Crippen molar-refractivity contribution < 1.29 is 0 Å². The van der Waals surface area contributed by atoms with Crippen LogP contribution in [-0.2, 0) is 7.05 Å². The van der Waals surface area contributed by atoms with E-state index in [-0.39, 0.29) is 0 Å². The van der Waals surface area contributed by atoms with Crippen molar-refractivity contribution in [2.24, 2.45) is 7.05 Å². The van der Waals surface area contributed by atoms with E-state index in [9.17, 15) is 0 Å². The van der Waals surface area contributed by atoms with Crippen molar-refractivity contribution in [2.75, 3.05) is 11.4 Å². The minimum atomic E-state index is 0.800. The Morgan fingerprint density at radius 3 is 2.85 bits per heavy atom. The number of hydrogen-bond acceptors (Lipinski definition) is 4. The van der Waals surface area contributed by atoms with Crippen LogP contribution in [0.4, 0.5) is 5.69 Å². The van der Waals surface area contributed by atoms with Gasteiger partial charge in [-0.3, -0.25) is 4.40 Å². The Kier molecular flexibility index (Phi) is 3.60. The standard InChI is InChI=1S/C21H18N6/c1-25-15-23-24-21(25)17-5-4-6-18(13-17)26-11-8-16(9-12-26)19-14-22-20-7-2-3-10-27(19)20/h2-11,13-15H,12H2,1H3. The largest absolute Gasteiger partial charge is 0.344 e. The molecular formula is C21H18N6. The molecular weight excluding hydrogens is 336 g/mol. The number of nitrogens with zero attached hydrogens (tertiary/aromatic N) is 6. The van der Waals surface area contributed by atoms with Crippen LogP contribution in [0.2, 0.25) is 0 Å². The van der Waals surface area contributed by atoms with Crippen molar-refractivity contribution in [2.45, 2.75) is 0 Å². The van der Waals surface area contributed by atoms with Gasteiger partial charge in [0, 0.05) is 37.2 Å². The van der Waals surface area contributed by atoms with Crippen LogP contribution in [0.15, 0.2) is 79.5 Å². The van der Waals surface area contributed by atoms with Crippen molar-refractivity contribution in [3.63, 3.8) is 0 Å². The van der Waals surface area contributed by atoms with E-state index in [2.05, 4.69) is 67.1 Å². The van der Waals surface area contributed by atoms with Crippen molar-refractivity contribution in [1.82, 2.24) is 24.1 Å². The summed E-state index contributed by atoms with van der Waals surface area (Å²) in [5.74, 6) is 0.861. The molecule has 0 radical (unpaired) electrons.